The van der Waals surface area contributed by atoms with Crippen molar-refractivity contribution in [2.24, 2.45) is 0 Å². The SMILES string of the molecule is O=C(NCCc1ccccn1)C1(c2cccc(C(F)(F)F)c2)CC1. The number of amides is 1. The molecule has 126 valence electrons. The second kappa shape index (κ2) is 6.26. The second-order valence-corrected chi connectivity index (χ2v) is 5.99. The Balaban J connectivity index is 1.66. The molecule has 3 nitrogen and oxygen atoms in total. The van der Waals surface area contributed by atoms with Crippen molar-refractivity contribution in [3.8, 4) is 0 Å². The summed E-state index contributed by atoms with van der Waals surface area (Å²) in [4.78, 5) is 16.6. The van der Waals surface area contributed by atoms with Crippen LogP contribution in [0.1, 0.15) is 29.7 Å². The normalized spacial score (nSPS) is 15.8. The largest absolute Gasteiger partial charge is 0.416 e. The first-order valence-electron chi connectivity index (χ1n) is 7.78. The maximum absolute atomic E-state index is 12.9. The number of pyridine rings is 1. The van der Waals surface area contributed by atoms with Gasteiger partial charge in [-0.05, 0) is 36.6 Å². The molecule has 24 heavy (non-hydrogen) atoms. The van der Waals surface area contributed by atoms with Gasteiger partial charge < -0.3 is 5.32 Å². The smallest absolute Gasteiger partial charge is 0.355 e. The molecule has 1 aromatic heterocycles. The molecule has 1 aliphatic rings. The van der Waals surface area contributed by atoms with Crippen molar-refractivity contribution in [3.05, 3.63) is 65.5 Å². The molecule has 1 amide bonds. The van der Waals surface area contributed by atoms with Crippen LogP contribution in [-0.4, -0.2) is 17.4 Å². The zero-order valence-electron chi connectivity index (χ0n) is 12.9. The third kappa shape index (κ3) is 3.42. The van der Waals surface area contributed by atoms with Crippen LogP contribution in [-0.2, 0) is 22.8 Å². The van der Waals surface area contributed by atoms with E-state index in [1.54, 1.807) is 12.3 Å². The highest BCUT2D eigenvalue weighted by molar-refractivity contribution is 5.91. The zero-order chi connectivity index (χ0) is 17.2. The third-order valence-corrected chi connectivity index (χ3v) is 4.32. The molecule has 2 aromatic rings. The highest BCUT2D eigenvalue weighted by atomic mass is 19.4. The number of rotatable bonds is 5. The number of nitrogens with one attached hydrogen (secondary N) is 1. The molecular weight excluding hydrogens is 317 g/mol. The van der Waals surface area contributed by atoms with Crippen molar-refractivity contribution in [2.45, 2.75) is 30.9 Å². The minimum Gasteiger partial charge on any atom is -0.355 e. The predicted molar refractivity (Wildman–Crippen MR) is 83.3 cm³/mol. The van der Waals surface area contributed by atoms with Crippen LogP contribution in [0.3, 0.4) is 0 Å². The van der Waals surface area contributed by atoms with Crippen molar-refractivity contribution in [1.29, 1.82) is 0 Å². The van der Waals surface area contributed by atoms with Crippen LogP contribution < -0.4 is 5.32 Å². The van der Waals surface area contributed by atoms with Gasteiger partial charge in [0.15, 0.2) is 0 Å². The van der Waals surface area contributed by atoms with Gasteiger partial charge in [-0.2, -0.15) is 13.2 Å². The number of benzene rings is 1. The van der Waals surface area contributed by atoms with Gasteiger partial charge in [0.1, 0.15) is 0 Å². The third-order valence-electron chi connectivity index (χ3n) is 4.32. The summed E-state index contributed by atoms with van der Waals surface area (Å²) in [6.45, 7) is 0.413. The summed E-state index contributed by atoms with van der Waals surface area (Å²) >= 11 is 0. The first-order valence-corrected chi connectivity index (χ1v) is 7.78. The van der Waals surface area contributed by atoms with E-state index in [-0.39, 0.29) is 5.91 Å². The number of halogens is 3. The van der Waals surface area contributed by atoms with Crippen LogP contribution in [0.15, 0.2) is 48.7 Å². The van der Waals surface area contributed by atoms with Gasteiger partial charge in [-0.15, -0.1) is 0 Å². The Bertz CT molecular complexity index is 725. The summed E-state index contributed by atoms with van der Waals surface area (Å²) in [6.07, 6.45) is -0.984. The molecular formula is C18H17F3N2O. The monoisotopic (exact) mass is 334 g/mol. The minimum atomic E-state index is -4.40. The van der Waals surface area contributed by atoms with E-state index in [0.29, 0.717) is 31.4 Å². The number of carbonyl (C=O) groups excluding carboxylic acids is 1. The molecule has 1 aliphatic carbocycles. The van der Waals surface area contributed by atoms with E-state index in [1.165, 1.54) is 6.07 Å². The van der Waals surface area contributed by atoms with Gasteiger partial charge in [0, 0.05) is 24.9 Å². The molecule has 1 aromatic carbocycles. The predicted octanol–water partition coefficient (Wildman–Crippen LogP) is 3.49. The Labute approximate surface area is 137 Å². The number of aromatic nitrogens is 1. The van der Waals surface area contributed by atoms with Crippen molar-refractivity contribution < 1.29 is 18.0 Å². The standard InChI is InChI=1S/C18H17F3N2O/c19-18(20,21)14-5-3-4-13(12-14)17(8-9-17)16(24)23-11-7-15-6-1-2-10-22-15/h1-6,10,12H,7-9,11H2,(H,23,24). The van der Waals surface area contributed by atoms with E-state index in [0.717, 1.165) is 17.8 Å². The Hall–Kier alpha value is -2.37. The number of hydrogen-bond acceptors (Lipinski definition) is 2. The average Bonchev–Trinajstić information content (AvgIpc) is 3.37. The Kier molecular flexibility index (Phi) is 4.30. The molecule has 0 aliphatic heterocycles. The second-order valence-electron chi connectivity index (χ2n) is 5.99. The van der Waals surface area contributed by atoms with E-state index >= 15 is 0 Å². The maximum atomic E-state index is 12.9. The van der Waals surface area contributed by atoms with Crippen LogP contribution in [0.25, 0.3) is 0 Å². The lowest BCUT2D eigenvalue weighted by atomic mass is 9.93. The summed E-state index contributed by atoms with van der Waals surface area (Å²) in [5.41, 5.74) is -0.229. The van der Waals surface area contributed by atoms with Crippen molar-refractivity contribution in [3.63, 3.8) is 0 Å². The van der Waals surface area contributed by atoms with Crippen molar-refractivity contribution >= 4 is 5.91 Å². The Morgan fingerprint density at radius 3 is 2.58 bits per heavy atom. The lowest BCUT2D eigenvalue weighted by Crippen LogP contribution is -2.36. The lowest BCUT2D eigenvalue weighted by Gasteiger charge is -2.17. The average molecular weight is 334 g/mol. The number of alkyl halides is 3. The van der Waals surface area contributed by atoms with Gasteiger partial charge >= 0.3 is 6.18 Å². The minimum absolute atomic E-state index is 0.210. The number of carbonyl (C=O) groups is 1. The summed E-state index contributed by atoms with van der Waals surface area (Å²) in [7, 11) is 0. The molecule has 0 unspecified atom stereocenters. The van der Waals surface area contributed by atoms with Gasteiger partial charge in [-0.1, -0.05) is 24.3 Å². The zero-order valence-corrected chi connectivity index (χ0v) is 12.9. The summed E-state index contributed by atoms with van der Waals surface area (Å²) < 4.78 is 38.6. The molecule has 0 bridgehead atoms. The molecule has 0 radical (unpaired) electrons. The first-order chi connectivity index (χ1) is 11.4. The number of nitrogens with zero attached hydrogens (tertiary/aromatic N) is 1. The van der Waals surface area contributed by atoms with Crippen LogP contribution in [0, 0.1) is 0 Å². The Morgan fingerprint density at radius 2 is 1.96 bits per heavy atom. The van der Waals surface area contributed by atoms with E-state index < -0.39 is 17.2 Å². The van der Waals surface area contributed by atoms with Gasteiger partial charge in [0.05, 0.1) is 11.0 Å². The molecule has 1 N–H and O–H groups in total. The molecule has 1 fully saturated rings. The highest BCUT2D eigenvalue weighted by Crippen LogP contribution is 2.49. The fourth-order valence-electron chi connectivity index (χ4n) is 2.78. The van der Waals surface area contributed by atoms with E-state index in [2.05, 4.69) is 10.3 Å². The lowest BCUT2D eigenvalue weighted by molar-refractivity contribution is -0.137. The van der Waals surface area contributed by atoms with Gasteiger partial charge in [0.2, 0.25) is 5.91 Å². The van der Waals surface area contributed by atoms with Crippen LogP contribution in [0.2, 0.25) is 0 Å². The van der Waals surface area contributed by atoms with Crippen LogP contribution in [0.4, 0.5) is 13.2 Å². The van der Waals surface area contributed by atoms with E-state index in [9.17, 15) is 18.0 Å². The summed E-state index contributed by atoms with van der Waals surface area (Å²) in [5.74, 6) is -0.210. The van der Waals surface area contributed by atoms with Gasteiger partial charge in [-0.25, -0.2) is 0 Å². The van der Waals surface area contributed by atoms with E-state index in [4.69, 9.17) is 0 Å². The summed E-state index contributed by atoms with van der Waals surface area (Å²) in [6, 6.07) is 10.6. The molecule has 3 rings (SSSR count). The first kappa shape index (κ1) is 16.5. The fraction of sp³-hybridized carbons (Fsp3) is 0.333. The van der Waals surface area contributed by atoms with Crippen LogP contribution >= 0.6 is 0 Å². The Morgan fingerprint density at radius 1 is 1.17 bits per heavy atom. The number of hydrogen-bond donors (Lipinski definition) is 1. The molecule has 0 spiro atoms. The maximum Gasteiger partial charge on any atom is 0.416 e. The van der Waals surface area contributed by atoms with Crippen molar-refractivity contribution in [1.82, 2.24) is 10.3 Å². The quantitative estimate of drug-likeness (QED) is 0.909. The molecule has 0 saturated heterocycles. The van der Waals surface area contributed by atoms with Gasteiger partial charge in [-0.3, -0.25) is 9.78 Å². The molecule has 0 atom stereocenters. The topological polar surface area (TPSA) is 42.0 Å². The highest BCUT2D eigenvalue weighted by Gasteiger charge is 2.51. The summed E-state index contributed by atoms with van der Waals surface area (Å²) in [5, 5.41) is 2.83. The van der Waals surface area contributed by atoms with Crippen molar-refractivity contribution in [2.75, 3.05) is 6.54 Å². The molecule has 1 saturated carbocycles. The molecule has 6 heteroatoms. The van der Waals surface area contributed by atoms with E-state index in [1.807, 2.05) is 18.2 Å². The van der Waals surface area contributed by atoms with Crippen LogP contribution in [0.5, 0.6) is 0 Å². The molecule has 1 heterocycles. The van der Waals surface area contributed by atoms with Gasteiger partial charge in [0.25, 0.3) is 0 Å². The fourth-order valence-corrected chi connectivity index (χ4v) is 2.78.